The maximum absolute atomic E-state index is 11.6. The Bertz CT molecular complexity index is 793. The average molecular weight is 435 g/mol. The van der Waals surface area contributed by atoms with Crippen LogP contribution in [0.2, 0.25) is 0 Å². The molecule has 2 saturated heterocycles. The fraction of sp³-hybridized carbons (Fsp3) is 0.714. The first-order valence-corrected chi connectivity index (χ1v) is 10.4. The Kier molecular flexibility index (Phi) is 8.70. The monoisotopic (exact) mass is 434 g/mol. The Labute approximate surface area is 183 Å². The summed E-state index contributed by atoms with van der Waals surface area (Å²) >= 11 is 0. The zero-order valence-corrected chi connectivity index (χ0v) is 18.1. The second-order valence-corrected chi connectivity index (χ2v) is 8.08. The van der Waals surface area contributed by atoms with Crippen molar-refractivity contribution in [2.24, 2.45) is 0 Å². The maximum atomic E-state index is 11.6. The molecular formula is C21H34N6O4. The standard InChI is InChI=1S/2C10H15N3O2.CH4/c2*1-7-11-10(15-12-7)8-4-3-5-13(2)9(14)6-8;/h2*8H,3-6H2,1-2H3;1H4. The molecule has 2 atom stereocenters. The van der Waals surface area contributed by atoms with E-state index in [4.69, 9.17) is 9.05 Å². The van der Waals surface area contributed by atoms with Crippen molar-refractivity contribution in [2.75, 3.05) is 27.2 Å². The highest BCUT2D eigenvalue weighted by atomic mass is 16.5. The Morgan fingerprint density at radius 2 is 1.16 bits per heavy atom. The number of likely N-dealkylation sites (tertiary alicyclic amines) is 2. The zero-order valence-electron chi connectivity index (χ0n) is 18.1. The average Bonchev–Trinajstić information content (AvgIpc) is 3.25. The SMILES string of the molecule is C.Cc1noc(C2CCCN(C)C(=O)C2)n1.Cc1noc(C2CCCN(C)C(=O)C2)n1. The van der Waals surface area contributed by atoms with Gasteiger partial charge in [-0.2, -0.15) is 9.97 Å². The van der Waals surface area contributed by atoms with Crippen molar-refractivity contribution in [1.29, 1.82) is 0 Å². The number of hydrogen-bond acceptors (Lipinski definition) is 8. The summed E-state index contributed by atoms with van der Waals surface area (Å²) in [4.78, 5) is 35.2. The first-order chi connectivity index (χ1) is 14.3. The Hall–Kier alpha value is -2.78. The first kappa shape index (κ1) is 24.5. The third kappa shape index (κ3) is 6.60. The van der Waals surface area contributed by atoms with Crippen LogP contribution in [0.5, 0.6) is 0 Å². The predicted molar refractivity (Wildman–Crippen MR) is 113 cm³/mol. The van der Waals surface area contributed by atoms with E-state index >= 15 is 0 Å². The Balaban J connectivity index is 0.000000213. The smallest absolute Gasteiger partial charge is 0.230 e. The second kappa shape index (κ2) is 11.0. The van der Waals surface area contributed by atoms with Crippen LogP contribution in [-0.2, 0) is 9.59 Å². The molecule has 0 radical (unpaired) electrons. The van der Waals surface area contributed by atoms with E-state index in [1.54, 1.807) is 23.6 Å². The number of aryl methyl sites for hydroxylation is 2. The number of rotatable bonds is 2. The van der Waals surface area contributed by atoms with Gasteiger partial charge in [-0.1, -0.05) is 17.7 Å². The molecule has 4 rings (SSSR count). The molecule has 31 heavy (non-hydrogen) atoms. The van der Waals surface area contributed by atoms with E-state index in [1.165, 1.54) is 0 Å². The number of carbonyl (C=O) groups excluding carboxylic acids is 2. The lowest BCUT2D eigenvalue weighted by atomic mass is 10.0. The van der Waals surface area contributed by atoms with Crippen molar-refractivity contribution >= 4 is 11.8 Å². The maximum Gasteiger partial charge on any atom is 0.230 e. The van der Waals surface area contributed by atoms with Crippen molar-refractivity contribution < 1.29 is 18.6 Å². The van der Waals surface area contributed by atoms with Gasteiger partial charge in [-0.3, -0.25) is 9.59 Å². The van der Waals surface area contributed by atoms with Crippen molar-refractivity contribution in [3.8, 4) is 0 Å². The minimum absolute atomic E-state index is 0. The van der Waals surface area contributed by atoms with Crippen molar-refractivity contribution in [1.82, 2.24) is 30.1 Å². The first-order valence-electron chi connectivity index (χ1n) is 10.4. The number of hydrogen-bond donors (Lipinski definition) is 0. The molecule has 2 aromatic rings. The van der Waals surface area contributed by atoms with Gasteiger partial charge in [0.1, 0.15) is 0 Å². The number of carbonyl (C=O) groups is 2. The molecule has 2 unspecified atom stereocenters. The highest BCUT2D eigenvalue weighted by molar-refractivity contribution is 5.77. The van der Waals surface area contributed by atoms with E-state index in [0.29, 0.717) is 36.3 Å². The molecule has 2 aliphatic heterocycles. The molecule has 0 bridgehead atoms. The molecule has 2 aliphatic rings. The van der Waals surface area contributed by atoms with E-state index in [-0.39, 0.29) is 31.1 Å². The minimum Gasteiger partial charge on any atom is -0.346 e. The van der Waals surface area contributed by atoms with Crippen LogP contribution < -0.4 is 0 Å². The van der Waals surface area contributed by atoms with Gasteiger partial charge in [0.2, 0.25) is 23.6 Å². The highest BCUT2D eigenvalue weighted by Crippen LogP contribution is 2.27. The van der Waals surface area contributed by atoms with E-state index < -0.39 is 0 Å². The predicted octanol–water partition coefficient (Wildman–Crippen LogP) is 2.84. The van der Waals surface area contributed by atoms with E-state index in [0.717, 1.165) is 38.8 Å². The van der Waals surface area contributed by atoms with Gasteiger partial charge >= 0.3 is 0 Å². The van der Waals surface area contributed by atoms with Gasteiger partial charge in [0.05, 0.1) is 0 Å². The lowest BCUT2D eigenvalue weighted by Gasteiger charge is -2.12. The summed E-state index contributed by atoms with van der Waals surface area (Å²) in [5.74, 6) is 3.01. The molecule has 0 spiro atoms. The lowest BCUT2D eigenvalue weighted by molar-refractivity contribution is -0.130. The molecule has 172 valence electrons. The summed E-state index contributed by atoms with van der Waals surface area (Å²) in [6.45, 7) is 5.22. The quantitative estimate of drug-likeness (QED) is 0.708. The lowest BCUT2D eigenvalue weighted by Crippen LogP contribution is -2.25. The largest absolute Gasteiger partial charge is 0.346 e. The fourth-order valence-electron chi connectivity index (χ4n) is 3.72. The van der Waals surface area contributed by atoms with E-state index in [9.17, 15) is 9.59 Å². The van der Waals surface area contributed by atoms with Gasteiger partial charge in [-0.25, -0.2) is 0 Å². The third-order valence-electron chi connectivity index (χ3n) is 5.57. The summed E-state index contributed by atoms with van der Waals surface area (Å²) < 4.78 is 10.2. The van der Waals surface area contributed by atoms with Gasteiger partial charge in [0.25, 0.3) is 0 Å². The summed E-state index contributed by atoms with van der Waals surface area (Å²) in [5.41, 5.74) is 0. The van der Waals surface area contributed by atoms with Crippen LogP contribution in [0.4, 0.5) is 0 Å². The molecule has 2 amide bonds. The van der Waals surface area contributed by atoms with Gasteiger partial charge in [0, 0.05) is 51.9 Å². The third-order valence-corrected chi connectivity index (χ3v) is 5.57. The molecule has 2 aromatic heterocycles. The van der Waals surface area contributed by atoms with Crippen LogP contribution in [0.25, 0.3) is 0 Å². The van der Waals surface area contributed by atoms with Crippen LogP contribution in [-0.4, -0.2) is 69.1 Å². The minimum atomic E-state index is 0. The Morgan fingerprint density at radius 1 is 0.774 bits per heavy atom. The highest BCUT2D eigenvalue weighted by Gasteiger charge is 2.27. The van der Waals surface area contributed by atoms with Crippen LogP contribution in [0.1, 0.15) is 81.2 Å². The van der Waals surface area contributed by atoms with Gasteiger partial charge in [0.15, 0.2) is 11.6 Å². The number of amides is 2. The molecule has 10 heteroatoms. The summed E-state index contributed by atoms with van der Waals surface area (Å²) in [5, 5.41) is 7.51. The van der Waals surface area contributed by atoms with Crippen LogP contribution >= 0.6 is 0 Å². The second-order valence-electron chi connectivity index (χ2n) is 8.08. The topological polar surface area (TPSA) is 118 Å². The van der Waals surface area contributed by atoms with Crippen molar-refractivity contribution in [3.05, 3.63) is 23.4 Å². The van der Waals surface area contributed by atoms with Crippen molar-refractivity contribution in [3.63, 3.8) is 0 Å². The summed E-state index contributed by atoms with van der Waals surface area (Å²) in [6.07, 6.45) is 4.84. The summed E-state index contributed by atoms with van der Waals surface area (Å²) in [7, 11) is 3.67. The molecule has 0 N–H and O–H groups in total. The van der Waals surface area contributed by atoms with Gasteiger partial charge < -0.3 is 18.8 Å². The van der Waals surface area contributed by atoms with Gasteiger partial charge in [-0.05, 0) is 39.5 Å². The summed E-state index contributed by atoms with van der Waals surface area (Å²) in [6, 6.07) is 0. The van der Waals surface area contributed by atoms with Crippen LogP contribution in [0, 0.1) is 13.8 Å². The molecule has 0 aliphatic carbocycles. The van der Waals surface area contributed by atoms with Crippen LogP contribution in [0.15, 0.2) is 9.05 Å². The molecule has 0 saturated carbocycles. The molecular weight excluding hydrogens is 400 g/mol. The van der Waals surface area contributed by atoms with Crippen molar-refractivity contribution in [2.45, 2.75) is 71.6 Å². The molecule has 0 aromatic carbocycles. The number of aromatic nitrogens is 4. The normalized spacial score (nSPS) is 22.2. The Morgan fingerprint density at radius 3 is 1.48 bits per heavy atom. The molecule has 2 fully saturated rings. The van der Waals surface area contributed by atoms with Gasteiger partial charge in [-0.15, -0.1) is 0 Å². The molecule has 10 nitrogen and oxygen atoms in total. The van der Waals surface area contributed by atoms with E-state index in [1.807, 2.05) is 14.1 Å². The van der Waals surface area contributed by atoms with Crippen LogP contribution in [0.3, 0.4) is 0 Å². The van der Waals surface area contributed by atoms with E-state index in [2.05, 4.69) is 20.3 Å². The zero-order chi connectivity index (χ0) is 21.7. The molecule has 4 heterocycles. The number of nitrogens with zero attached hydrogens (tertiary/aromatic N) is 6. The fourth-order valence-corrected chi connectivity index (χ4v) is 3.72.